The van der Waals surface area contributed by atoms with Crippen LogP contribution in [-0.4, -0.2) is 50.9 Å². The fraction of sp³-hybridized carbons (Fsp3) is 0.357. The maximum absolute atomic E-state index is 14.2. The number of hydrogen-bond donors (Lipinski definition) is 1. The second-order valence-corrected chi connectivity index (χ2v) is 10.1. The molecule has 198 valence electrons. The number of amides is 4. The SMILES string of the molecule is CC(=O)Nc1ccc(CN2CC[C@@]3(C[C@@H]2C)C(=O)N(Cc2cc(C)on2)C(=O)N3c2cccc(F)c2)cc1. The average Bonchev–Trinajstić information content (AvgIpc) is 3.36. The average molecular weight is 520 g/mol. The van der Waals surface area contributed by atoms with Crippen LogP contribution in [0.25, 0.3) is 0 Å². The van der Waals surface area contributed by atoms with Crippen LogP contribution in [0.2, 0.25) is 0 Å². The quantitative estimate of drug-likeness (QED) is 0.483. The lowest BCUT2D eigenvalue weighted by molar-refractivity contribution is -0.133. The van der Waals surface area contributed by atoms with Gasteiger partial charge in [0, 0.05) is 43.5 Å². The van der Waals surface area contributed by atoms with E-state index >= 15 is 0 Å². The van der Waals surface area contributed by atoms with Crippen molar-refractivity contribution in [2.75, 3.05) is 16.8 Å². The maximum Gasteiger partial charge on any atom is 0.332 e. The molecule has 3 aromatic rings. The number of likely N-dealkylation sites (tertiary alicyclic amines) is 1. The van der Waals surface area contributed by atoms with Gasteiger partial charge in [0.15, 0.2) is 0 Å². The summed E-state index contributed by atoms with van der Waals surface area (Å²) in [5.41, 5.74) is 1.51. The van der Waals surface area contributed by atoms with Gasteiger partial charge in [-0.25, -0.2) is 9.18 Å². The van der Waals surface area contributed by atoms with E-state index in [9.17, 15) is 18.8 Å². The molecule has 2 saturated heterocycles. The third-order valence-corrected chi connectivity index (χ3v) is 7.29. The summed E-state index contributed by atoms with van der Waals surface area (Å²) in [4.78, 5) is 43.9. The van der Waals surface area contributed by atoms with E-state index < -0.39 is 17.4 Å². The van der Waals surface area contributed by atoms with Crippen LogP contribution in [0.3, 0.4) is 0 Å². The minimum Gasteiger partial charge on any atom is -0.361 e. The Hall–Kier alpha value is -4.05. The van der Waals surface area contributed by atoms with Crippen molar-refractivity contribution in [1.29, 1.82) is 0 Å². The number of benzene rings is 2. The molecule has 2 aliphatic heterocycles. The molecule has 2 aromatic carbocycles. The van der Waals surface area contributed by atoms with Gasteiger partial charge in [0.25, 0.3) is 5.91 Å². The zero-order valence-corrected chi connectivity index (χ0v) is 21.6. The summed E-state index contributed by atoms with van der Waals surface area (Å²) in [6, 6.07) is 14.6. The van der Waals surface area contributed by atoms with Crippen LogP contribution in [0.15, 0.2) is 59.1 Å². The first-order valence-corrected chi connectivity index (χ1v) is 12.6. The van der Waals surface area contributed by atoms with Gasteiger partial charge < -0.3 is 9.84 Å². The van der Waals surface area contributed by atoms with E-state index in [1.165, 1.54) is 28.9 Å². The maximum atomic E-state index is 14.2. The first-order valence-electron chi connectivity index (χ1n) is 12.6. The molecule has 0 radical (unpaired) electrons. The second-order valence-electron chi connectivity index (χ2n) is 10.1. The van der Waals surface area contributed by atoms with E-state index in [0.717, 1.165) is 11.3 Å². The van der Waals surface area contributed by atoms with Crippen molar-refractivity contribution in [2.24, 2.45) is 0 Å². The van der Waals surface area contributed by atoms with Crippen molar-refractivity contribution >= 4 is 29.2 Å². The van der Waals surface area contributed by atoms with E-state index in [4.69, 9.17) is 4.52 Å². The highest BCUT2D eigenvalue weighted by atomic mass is 19.1. The second kappa shape index (κ2) is 10.0. The largest absolute Gasteiger partial charge is 0.361 e. The van der Waals surface area contributed by atoms with Gasteiger partial charge in [-0.1, -0.05) is 23.4 Å². The Morgan fingerprint density at radius 3 is 2.55 bits per heavy atom. The van der Waals surface area contributed by atoms with Gasteiger partial charge in [-0.15, -0.1) is 0 Å². The Balaban J connectivity index is 1.40. The molecule has 3 heterocycles. The summed E-state index contributed by atoms with van der Waals surface area (Å²) in [6.07, 6.45) is 0.795. The van der Waals surface area contributed by atoms with Crippen LogP contribution < -0.4 is 10.2 Å². The third kappa shape index (κ3) is 4.79. The highest BCUT2D eigenvalue weighted by Crippen LogP contribution is 2.43. The number of aryl methyl sites for hydroxylation is 1. The van der Waals surface area contributed by atoms with E-state index in [1.54, 1.807) is 25.1 Å². The first-order chi connectivity index (χ1) is 18.2. The number of aromatic nitrogens is 1. The van der Waals surface area contributed by atoms with Gasteiger partial charge in [0.05, 0.1) is 6.54 Å². The standard InChI is InChI=1S/C28H30FN5O4/c1-18-15-28(11-12-32(18)16-21-7-9-23(10-8-21)30-20(3)35)26(36)33(17-24-13-19(2)38-31-24)27(37)34(28)25-6-4-5-22(29)14-25/h4-10,13-14,18H,11-12,15-17H2,1-3H3,(H,30,35)/t18-,28+/m0/s1. The van der Waals surface area contributed by atoms with Crippen molar-refractivity contribution in [1.82, 2.24) is 15.0 Å². The molecule has 2 aliphatic rings. The number of piperidine rings is 1. The molecule has 2 atom stereocenters. The molecule has 1 N–H and O–H groups in total. The molecule has 0 saturated carbocycles. The Bertz CT molecular complexity index is 1370. The number of hydrogen-bond acceptors (Lipinski definition) is 6. The molecule has 1 spiro atoms. The van der Waals surface area contributed by atoms with Gasteiger partial charge >= 0.3 is 6.03 Å². The first kappa shape index (κ1) is 25.6. The van der Waals surface area contributed by atoms with E-state index in [-0.39, 0.29) is 24.4 Å². The normalized spacial score (nSPS) is 21.9. The molecule has 0 unspecified atom stereocenters. The minimum absolute atomic E-state index is 0.0126. The molecule has 0 bridgehead atoms. The number of urea groups is 1. The van der Waals surface area contributed by atoms with Crippen LogP contribution in [0.1, 0.15) is 43.7 Å². The smallest absolute Gasteiger partial charge is 0.332 e. The predicted octanol–water partition coefficient (Wildman–Crippen LogP) is 4.47. The van der Waals surface area contributed by atoms with E-state index in [0.29, 0.717) is 43.1 Å². The summed E-state index contributed by atoms with van der Waals surface area (Å²) in [5.74, 6) is -0.322. The number of halogens is 1. The zero-order valence-electron chi connectivity index (χ0n) is 21.6. The number of nitrogens with one attached hydrogen (secondary N) is 1. The summed E-state index contributed by atoms with van der Waals surface area (Å²) >= 11 is 0. The number of rotatable bonds is 6. The van der Waals surface area contributed by atoms with Crippen molar-refractivity contribution in [3.05, 3.63) is 77.4 Å². The highest BCUT2D eigenvalue weighted by Gasteiger charge is 2.59. The van der Waals surface area contributed by atoms with Crippen LogP contribution in [-0.2, 0) is 22.7 Å². The van der Waals surface area contributed by atoms with Crippen LogP contribution >= 0.6 is 0 Å². The monoisotopic (exact) mass is 519 g/mol. The van der Waals surface area contributed by atoms with Crippen LogP contribution in [0.4, 0.5) is 20.6 Å². The number of carbonyl (C=O) groups excluding carboxylic acids is 3. The van der Waals surface area contributed by atoms with Gasteiger partial charge in [0.2, 0.25) is 5.91 Å². The molecule has 9 nitrogen and oxygen atoms in total. The molecule has 5 rings (SSSR count). The molecular formula is C28H30FN5O4. The lowest BCUT2D eigenvalue weighted by Crippen LogP contribution is -2.59. The summed E-state index contributed by atoms with van der Waals surface area (Å²) < 4.78 is 19.4. The Morgan fingerprint density at radius 2 is 1.92 bits per heavy atom. The van der Waals surface area contributed by atoms with Crippen molar-refractivity contribution in [3.63, 3.8) is 0 Å². The van der Waals surface area contributed by atoms with Gasteiger partial charge in [-0.3, -0.25) is 24.3 Å². The Kier molecular flexibility index (Phi) is 6.75. The van der Waals surface area contributed by atoms with Gasteiger partial charge in [-0.05, 0) is 62.6 Å². The molecule has 0 aliphatic carbocycles. The molecule has 10 heteroatoms. The number of carbonyl (C=O) groups is 3. The lowest BCUT2D eigenvalue weighted by Gasteiger charge is -2.45. The summed E-state index contributed by atoms with van der Waals surface area (Å²) in [6.45, 7) is 6.46. The molecule has 2 fully saturated rings. The molecule has 38 heavy (non-hydrogen) atoms. The topological polar surface area (TPSA) is 99.0 Å². The molecule has 1 aromatic heterocycles. The summed E-state index contributed by atoms with van der Waals surface area (Å²) in [5, 5.41) is 6.72. The Morgan fingerprint density at radius 1 is 1.16 bits per heavy atom. The number of nitrogens with zero attached hydrogens (tertiary/aromatic N) is 4. The van der Waals surface area contributed by atoms with E-state index in [1.807, 2.05) is 31.2 Å². The fourth-order valence-corrected chi connectivity index (χ4v) is 5.54. The van der Waals surface area contributed by atoms with Crippen LogP contribution in [0.5, 0.6) is 0 Å². The minimum atomic E-state index is -1.13. The fourth-order valence-electron chi connectivity index (χ4n) is 5.54. The number of imide groups is 1. The van der Waals surface area contributed by atoms with Crippen LogP contribution in [0, 0.1) is 12.7 Å². The molecular weight excluding hydrogens is 489 g/mol. The highest BCUT2D eigenvalue weighted by molar-refractivity contribution is 6.16. The van der Waals surface area contributed by atoms with Gasteiger partial charge in [0.1, 0.15) is 22.8 Å². The van der Waals surface area contributed by atoms with Gasteiger partial charge in [-0.2, -0.15) is 0 Å². The van der Waals surface area contributed by atoms with Crippen molar-refractivity contribution in [2.45, 2.75) is 58.3 Å². The van der Waals surface area contributed by atoms with Crippen molar-refractivity contribution in [3.8, 4) is 0 Å². The predicted molar refractivity (Wildman–Crippen MR) is 139 cm³/mol. The van der Waals surface area contributed by atoms with Crippen molar-refractivity contribution < 1.29 is 23.3 Å². The van der Waals surface area contributed by atoms with E-state index in [2.05, 4.69) is 15.4 Å². The third-order valence-electron chi connectivity index (χ3n) is 7.29. The Labute approximate surface area is 220 Å². The summed E-state index contributed by atoms with van der Waals surface area (Å²) in [7, 11) is 0. The zero-order chi connectivity index (χ0) is 27.0. The molecule has 4 amide bonds. The lowest BCUT2D eigenvalue weighted by atomic mass is 9.81. The number of anilines is 2.